The highest BCUT2D eigenvalue weighted by atomic mass is 32.1. The largest absolute Gasteiger partial charge is 0.299 e. The van der Waals surface area contributed by atoms with Crippen molar-refractivity contribution in [2.45, 2.75) is 46.2 Å². The summed E-state index contributed by atoms with van der Waals surface area (Å²) < 4.78 is 1.95. The maximum absolute atomic E-state index is 13.2. The van der Waals surface area contributed by atoms with Crippen molar-refractivity contribution in [2.75, 3.05) is 13.1 Å². The van der Waals surface area contributed by atoms with E-state index in [0.29, 0.717) is 0 Å². The summed E-state index contributed by atoms with van der Waals surface area (Å²) in [6, 6.07) is 4.38. The molecule has 1 saturated heterocycles. The van der Waals surface area contributed by atoms with Gasteiger partial charge in [-0.1, -0.05) is 0 Å². The molecular weight excluding hydrogens is 344 g/mol. The number of aryl methyl sites for hydroxylation is 3. The maximum Gasteiger partial charge on any atom is 0.262 e. The molecule has 0 bridgehead atoms. The molecule has 6 heteroatoms. The van der Waals surface area contributed by atoms with Gasteiger partial charge < -0.3 is 0 Å². The molecule has 0 aliphatic carbocycles. The van der Waals surface area contributed by atoms with E-state index >= 15 is 0 Å². The molecule has 0 spiro atoms. The molecule has 0 N–H and O–H groups in total. The lowest BCUT2D eigenvalue weighted by Gasteiger charge is -2.33. The predicted octanol–water partition coefficient (Wildman–Crippen LogP) is 3.62. The van der Waals surface area contributed by atoms with E-state index in [1.165, 1.54) is 10.4 Å². The molecule has 0 atom stereocenters. The van der Waals surface area contributed by atoms with Crippen molar-refractivity contribution < 1.29 is 0 Å². The van der Waals surface area contributed by atoms with E-state index in [2.05, 4.69) is 28.9 Å². The smallest absolute Gasteiger partial charge is 0.262 e. The average molecular weight is 369 g/mol. The number of pyridine rings is 1. The molecule has 0 amide bonds. The van der Waals surface area contributed by atoms with Crippen molar-refractivity contribution in [3.8, 4) is 0 Å². The Morgan fingerprint density at radius 3 is 2.54 bits per heavy atom. The Bertz CT molecular complexity index is 984. The lowest BCUT2D eigenvalue weighted by atomic mass is 10.0. The summed E-state index contributed by atoms with van der Waals surface area (Å²) in [5.41, 5.74) is 2.52. The first-order valence-corrected chi connectivity index (χ1v) is 9.96. The molecule has 4 heterocycles. The van der Waals surface area contributed by atoms with E-state index < -0.39 is 0 Å². The summed E-state index contributed by atoms with van der Waals surface area (Å²) >= 11 is 1.63. The van der Waals surface area contributed by atoms with Crippen molar-refractivity contribution in [1.29, 1.82) is 0 Å². The molecule has 1 fully saturated rings. The third kappa shape index (κ3) is 3.08. The Balaban J connectivity index is 1.56. The molecule has 0 aromatic carbocycles. The van der Waals surface area contributed by atoms with Gasteiger partial charge in [-0.2, -0.15) is 0 Å². The molecule has 3 aromatic rings. The minimum absolute atomic E-state index is 0.141. The van der Waals surface area contributed by atoms with Crippen molar-refractivity contribution in [3.05, 3.63) is 56.7 Å². The number of fused-ring (bicyclic) bond motifs is 1. The topological polar surface area (TPSA) is 51.0 Å². The van der Waals surface area contributed by atoms with Gasteiger partial charge in [-0.3, -0.25) is 19.2 Å². The van der Waals surface area contributed by atoms with Crippen LogP contribution in [0.2, 0.25) is 0 Å². The summed E-state index contributed by atoms with van der Waals surface area (Å²) in [4.78, 5) is 26.5. The van der Waals surface area contributed by atoms with Gasteiger partial charge in [0.2, 0.25) is 0 Å². The number of rotatable bonds is 3. The molecule has 1 aliphatic heterocycles. The van der Waals surface area contributed by atoms with E-state index in [-0.39, 0.29) is 11.6 Å². The van der Waals surface area contributed by atoms with E-state index in [9.17, 15) is 4.79 Å². The Morgan fingerprint density at radius 1 is 1.15 bits per heavy atom. The van der Waals surface area contributed by atoms with Crippen molar-refractivity contribution in [1.82, 2.24) is 19.4 Å². The molecular formula is C20H24N4OS. The zero-order valence-electron chi connectivity index (χ0n) is 15.5. The van der Waals surface area contributed by atoms with Crippen LogP contribution in [0.1, 0.15) is 40.7 Å². The molecule has 26 heavy (non-hydrogen) atoms. The fraction of sp³-hybridized carbons (Fsp3) is 0.450. The monoisotopic (exact) mass is 368 g/mol. The molecule has 136 valence electrons. The Hall–Kier alpha value is -2.05. The van der Waals surface area contributed by atoms with Gasteiger partial charge in [0.05, 0.1) is 5.39 Å². The lowest BCUT2D eigenvalue weighted by Crippen LogP contribution is -2.38. The van der Waals surface area contributed by atoms with Crippen LogP contribution in [0.5, 0.6) is 0 Å². The van der Waals surface area contributed by atoms with Crippen molar-refractivity contribution in [2.24, 2.45) is 0 Å². The Morgan fingerprint density at radius 2 is 1.85 bits per heavy atom. The predicted molar refractivity (Wildman–Crippen MR) is 106 cm³/mol. The van der Waals surface area contributed by atoms with Crippen LogP contribution in [0, 0.1) is 20.8 Å². The van der Waals surface area contributed by atoms with Gasteiger partial charge in [-0.15, -0.1) is 11.3 Å². The first kappa shape index (κ1) is 17.4. The van der Waals surface area contributed by atoms with Gasteiger partial charge in [0.1, 0.15) is 10.7 Å². The average Bonchev–Trinajstić information content (AvgIpc) is 2.91. The zero-order chi connectivity index (χ0) is 18.3. The fourth-order valence-electron chi connectivity index (χ4n) is 3.92. The normalized spacial score (nSPS) is 16.4. The van der Waals surface area contributed by atoms with Gasteiger partial charge in [0.15, 0.2) is 0 Å². The third-order valence-corrected chi connectivity index (χ3v) is 6.59. The van der Waals surface area contributed by atoms with Crippen molar-refractivity contribution in [3.63, 3.8) is 0 Å². The fourth-order valence-corrected chi connectivity index (χ4v) is 4.99. The molecule has 0 radical (unpaired) electrons. The number of nitrogens with zero attached hydrogens (tertiary/aromatic N) is 4. The highest BCUT2D eigenvalue weighted by Gasteiger charge is 2.24. The summed E-state index contributed by atoms with van der Waals surface area (Å²) in [5.74, 6) is 0.844. The maximum atomic E-state index is 13.2. The molecule has 0 unspecified atom stereocenters. The standard InChI is InChI=1S/C20H24N4OS/c1-13-14(2)26-19-18(13)20(25)24(15(3)22-19)17-6-10-23(11-7-17)12-16-4-8-21-9-5-16/h4-5,8-9,17H,6-7,10-12H2,1-3H3. The van der Waals surface area contributed by atoms with Crippen LogP contribution in [-0.4, -0.2) is 32.5 Å². The first-order chi connectivity index (χ1) is 12.5. The number of likely N-dealkylation sites (tertiary alicyclic amines) is 1. The molecule has 3 aromatic heterocycles. The second-order valence-electron chi connectivity index (χ2n) is 7.16. The minimum atomic E-state index is 0.141. The lowest BCUT2D eigenvalue weighted by molar-refractivity contribution is 0.176. The third-order valence-electron chi connectivity index (χ3n) is 5.49. The Labute approximate surface area is 157 Å². The van der Waals surface area contributed by atoms with Crippen LogP contribution in [0.25, 0.3) is 10.2 Å². The van der Waals surface area contributed by atoms with Crippen LogP contribution >= 0.6 is 11.3 Å². The van der Waals surface area contributed by atoms with Crippen LogP contribution in [-0.2, 0) is 6.54 Å². The highest BCUT2D eigenvalue weighted by molar-refractivity contribution is 7.18. The molecule has 4 rings (SSSR count). The van der Waals surface area contributed by atoms with Crippen LogP contribution in [0.3, 0.4) is 0 Å². The van der Waals surface area contributed by atoms with Crippen LogP contribution in [0.15, 0.2) is 29.3 Å². The summed E-state index contributed by atoms with van der Waals surface area (Å²) in [7, 11) is 0. The molecule has 0 saturated carbocycles. The first-order valence-electron chi connectivity index (χ1n) is 9.14. The molecule has 1 aliphatic rings. The number of hydrogen-bond donors (Lipinski definition) is 0. The SMILES string of the molecule is Cc1sc2nc(C)n(C3CCN(Cc4ccncc4)CC3)c(=O)c2c1C. The second kappa shape index (κ2) is 6.93. The van der Waals surface area contributed by atoms with Gasteiger partial charge in [-0.05, 0) is 56.9 Å². The van der Waals surface area contributed by atoms with E-state index in [1.54, 1.807) is 11.3 Å². The summed E-state index contributed by atoms with van der Waals surface area (Å²) in [6.07, 6.45) is 5.66. The van der Waals surface area contributed by atoms with Gasteiger partial charge in [-0.25, -0.2) is 4.98 Å². The van der Waals surface area contributed by atoms with Crippen LogP contribution in [0.4, 0.5) is 0 Å². The number of aromatic nitrogens is 3. The highest BCUT2D eigenvalue weighted by Crippen LogP contribution is 2.29. The van der Waals surface area contributed by atoms with E-state index in [4.69, 9.17) is 4.98 Å². The minimum Gasteiger partial charge on any atom is -0.299 e. The zero-order valence-corrected chi connectivity index (χ0v) is 16.3. The van der Waals surface area contributed by atoms with Crippen molar-refractivity contribution >= 4 is 21.6 Å². The number of thiophene rings is 1. The number of hydrogen-bond acceptors (Lipinski definition) is 5. The van der Waals surface area contributed by atoms with E-state index in [1.807, 2.05) is 30.8 Å². The van der Waals surface area contributed by atoms with E-state index in [0.717, 1.165) is 54.1 Å². The second-order valence-corrected chi connectivity index (χ2v) is 8.36. The summed E-state index contributed by atoms with van der Waals surface area (Å²) in [5, 5.41) is 0.817. The van der Waals surface area contributed by atoms with Gasteiger partial charge >= 0.3 is 0 Å². The quantitative estimate of drug-likeness (QED) is 0.709. The Kier molecular flexibility index (Phi) is 4.63. The van der Waals surface area contributed by atoms with Gasteiger partial charge in [0.25, 0.3) is 5.56 Å². The van der Waals surface area contributed by atoms with Gasteiger partial charge in [0, 0.05) is 42.9 Å². The number of piperidine rings is 1. The summed E-state index contributed by atoms with van der Waals surface area (Å²) in [6.45, 7) is 9.02. The molecule has 5 nitrogen and oxygen atoms in total. The van der Waals surface area contributed by atoms with Crippen LogP contribution < -0.4 is 5.56 Å².